The van der Waals surface area contributed by atoms with Crippen molar-refractivity contribution in [3.63, 3.8) is 0 Å². The maximum Gasteiger partial charge on any atom is 0.161 e. The van der Waals surface area contributed by atoms with Crippen LogP contribution in [0.5, 0.6) is 11.5 Å². The molecule has 0 atom stereocenters. The minimum absolute atomic E-state index is 0.460. The molecule has 3 nitrogen and oxygen atoms in total. The van der Waals surface area contributed by atoms with Gasteiger partial charge in [0.15, 0.2) is 11.5 Å². The van der Waals surface area contributed by atoms with Gasteiger partial charge in [-0.2, -0.15) is 0 Å². The molecule has 0 aromatic heterocycles. The first-order valence-electron chi connectivity index (χ1n) is 9.23. The topological polar surface area (TPSA) is 30.5 Å². The number of rotatable bonds is 9. The Kier molecular flexibility index (Phi) is 7.61. The first-order chi connectivity index (χ1) is 13.7. The predicted molar refractivity (Wildman–Crippen MR) is 115 cm³/mol. The average molecular weight is 416 g/mol. The molecule has 146 valence electrons. The van der Waals surface area contributed by atoms with Crippen molar-refractivity contribution in [1.29, 1.82) is 0 Å². The summed E-state index contributed by atoms with van der Waals surface area (Å²) < 4.78 is 11.7. The molecular formula is C23H23Cl2NO2. The van der Waals surface area contributed by atoms with E-state index >= 15 is 0 Å². The van der Waals surface area contributed by atoms with Crippen molar-refractivity contribution in [3.8, 4) is 11.5 Å². The number of hydrogen-bond acceptors (Lipinski definition) is 3. The van der Waals surface area contributed by atoms with Crippen LogP contribution in [0.25, 0.3) is 0 Å². The molecule has 0 unspecified atom stereocenters. The zero-order valence-corrected chi connectivity index (χ0v) is 17.3. The van der Waals surface area contributed by atoms with Crippen molar-refractivity contribution in [2.45, 2.75) is 26.6 Å². The summed E-state index contributed by atoms with van der Waals surface area (Å²) in [6.45, 7) is 4.42. The number of ether oxygens (including phenoxy) is 2. The van der Waals surface area contributed by atoms with Gasteiger partial charge in [0.1, 0.15) is 6.61 Å². The summed E-state index contributed by atoms with van der Waals surface area (Å²) in [6.07, 6.45) is 0. The second-order valence-electron chi connectivity index (χ2n) is 6.32. The summed E-state index contributed by atoms with van der Waals surface area (Å²) in [5.41, 5.74) is 3.25. The molecule has 0 saturated carbocycles. The highest BCUT2D eigenvalue weighted by Gasteiger charge is 2.08. The molecule has 3 rings (SSSR count). The van der Waals surface area contributed by atoms with E-state index in [4.69, 9.17) is 32.7 Å². The molecule has 3 aromatic rings. The van der Waals surface area contributed by atoms with E-state index in [9.17, 15) is 0 Å². The van der Waals surface area contributed by atoms with E-state index < -0.39 is 0 Å². The van der Waals surface area contributed by atoms with Crippen molar-refractivity contribution in [1.82, 2.24) is 5.32 Å². The molecule has 5 heteroatoms. The fourth-order valence-corrected chi connectivity index (χ4v) is 3.10. The smallest absolute Gasteiger partial charge is 0.161 e. The number of benzene rings is 3. The highest BCUT2D eigenvalue weighted by molar-refractivity contribution is 6.31. The van der Waals surface area contributed by atoms with Crippen LogP contribution in [-0.4, -0.2) is 6.61 Å². The van der Waals surface area contributed by atoms with Crippen LogP contribution in [-0.2, 0) is 19.7 Å². The first kappa shape index (κ1) is 20.5. The Morgan fingerprint density at radius 2 is 1.54 bits per heavy atom. The average Bonchev–Trinajstić information content (AvgIpc) is 2.70. The quantitative estimate of drug-likeness (QED) is 0.447. The molecule has 0 spiro atoms. The summed E-state index contributed by atoms with van der Waals surface area (Å²) in [6, 6.07) is 21.5. The van der Waals surface area contributed by atoms with Gasteiger partial charge in [0.25, 0.3) is 0 Å². The van der Waals surface area contributed by atoms with Crippen molar-refractivity contribution >= 4 is 23.2 Å². The Hall–Kier alpha value is -2.20. The molecule has 0 aliphatic rings. The lowest BCUT2D eigenvalue weighted by molar-refractivity contribution is 0.269. The van der Waals surface area contributed by atoms with Gasteiger partial charge < -0.3 is 14.8 Å². The highest BCUT2D eigenvalue weighted by Crippen LogP contribution is 2.29. The van der Waals surface area contributed by atoms with E-state index in [1.165, 1.54) is 0 Å². The van der Waals surface area contributed by atoms with Gasteiger partial charge >= 0.3 is 0 Å². The molecule has 0 heterocycles. The van der Waals surface area contributed by atoms with Crippen LogP contribution in [0.15, 0.2) is 66.7 Å². The SMILES string of the molecule is CCOc1cc(CNCc2ccccc2Cl)ccc1OCc1ccc(Cl)cc1. The lowest BCUT2D eigenvalue weighted by atomic mass is 10.1. The van der Waals surface area contributed by atoms with E-state index in [-0.39, 0.29) is 0 Å². The van der Waals surface area contributed by atoms with E-state index in [1.54, 1.807) is 0 Å². The molecule has 0 fully saturated rings. The lowest BCUT2D eigenvalue weighted by Crippen LogP contribution is -2.13. The summed E-state index contributed by atoms with van der Waals surface area (Å²) in [5.74, 6) is 1.47. The molecule has 0 bridgehead atoms. The Bertz CT molecular complexity index is 897. The van der Waals surface area contributed by atoms with Gasteiger partial charge in [-0.3, -0.25) is 0 Å². The molecule has 1 N–H and O–H groups in total. The van der Waals surface area contributed by atoms with Crippen molar-refractivity contribution in [3.05, 3.63) is 93.5 Å². The van der Waals surface area contributed by atoms with Gasteiger partial charge in [-0.1, -0.05) is 59.6 Å². The highest BCUT2D eigenvalue weighted by atomic mass is 35.5. The fourth-order valence-electron chi connectivity index (χ4n) is 2.77. The van der Waals surface area contributed by atoms with E-state index in [0.717, 1.165) is 33.2 Å². The Morgan fingerprint density at radius 1 is 0.786 bits per heavy atom. The minimum atomic E-state index is 0.460. The van der Waals surface area contributed by atoms with Crippen LogP contribution in [0.4, 0.5) is 0 Å². The van der Waals surface area contributed by atoms with Crippen LogP contribution >= 0.6 is 23.2 Å². The van der Waals surface area contributed by atoms with E-state index in [2.05, 4.69) is 5.32 Å². The maximum absolute atomic E-state index is 6.20. The molecule has 0 radical (unpaired) electrons. The van der Waals surface area contributed by atoms with E-state index in [0.29, 0.717) is 31.3 Å². The molecule has 3 aromatic carbocycles. The van der Waals surface area contributed by atoms with Crippen LogP contribution in [0.3, 0.4) is 0 Å². The monoisotopic (exact) mass is 415 g/mol. The predicted octanol–water partition coefficient (Wildman–Crippen LogP) is 6.26. The van der Waals surface area contributed by atoms with Crippen molar-refractivity contribution < 1.29 is 9.47 Å². The van der Waals surface area contributed by atoms with Crippen LogP contribution < -0.4 is 14.8 Å². The van der Waals surface area contributed by atoms with Gasteiger partial charge in [0.05, 0.1) is 6.61 Å². The molecule has 0 amide bonds. The largest absolute Gasteiger partial charge is 0.490 e. The fraction of sp³-hybridized carbons (Fsp3) is 0.217. The molecule has 0 saturated heterocycles. The summed E-state index contributed by atoms with van der Waals surface area (Å²) >= 11 is 12.1. The van der Waals surface area contributed by atoms with Crippen LogP contribution in [0, 0.1) is 0 Å². The third-order valence-electron chi connectivity index (χ3n) is 4.22. The van der Waals surface area contributed by atoms with Crippen molar-refractivity contribution in [2.24, 2.45) is 0 Å². The summed E-state index contributed by atoms with van der Waals surface area (Å²) in [5, 5.41) is 4.91. The zero-order valence-electron chi connectivity index (χ0n) is 15.8. The molecule has 0 aliphatic carbocycles. The Balaban J connectivity index is 1.61. The van der Waals surface area contributed by atoms with E-state index in [1.807, 2.05) is 73.7 Å². The number of nitrogens with one attached hydrogen (secondary N) is 1. The lowest BCUT2D eigenvalue weighted by Gasteiger charge is -2.14. The van der Waals surface area contributed by atoms with Gasteiger partial charge in [-0.25, -0.2) is 0 Å². The van der Waals surface area contributed by atoms with Gasteiger partial charge in [-0.15, -0.1) is 0 Å². The normalized spacial score (nSPS) is 10.7. The second-order valence-corrected chi connectivity index (χ2v) is 7.17. The minimum Gasteiger partial charge on any atom is -0.490 e. The summed E-state index contributed by atoms with van der Waals surface area (Å²) in [7, 11) is 0. The third kappa shape index (κ3) is 5.90. The molecule has 28 heavy (non-hydrogen) atoms. The van der Waals surface area contributed by atoms with Crippen LogP contribution in [0.2, 0.25) is 10.0 Å². The van der Waals surface area contributed by atoms with Crippen molar-refractivity contribution in [2.75, 3.05) is 6.61 Å². The van der Waals surface area contributed by atoms with Gasteiger partial charge in [0.2, 0.25) is 0 Å². The Labute approximate surface area is 176 Å². The maximum atomic E-state index is 6.20. The molecule has 0 aliphatic heterocycles. The number of hydrogen-bond donors (Lipinski definition) is 1. The summed E-state index contributed by atoms with van der Waals surface area (Å²) in [4.78, 5) is 0. The second kappa shape index (κ2) is 10.4. The first-order valence-corrected chi connectivity index (χ1v) is 9.98. The number of halogens is 2. The molecular weight excluding hydrogens is 393 g/mol. The van der Waals surface area contributed by atoms with Gasteiger partial charge in [0, 0.05) is 23.1 Å². The third-order valence-corrected chi connectivity index (χ3v) is 4.84. The standard InChI is InChI=1S/C23H23Cl2NO2/c1-2-27-23-13-18(14-26-15-19-5-3-4-6-21(19)25)9-12-22(23)28-16-17-7-10-20(24)11-8-17/h3-13,26H,2,14-16H2,1H3. The van der Waals surface area contributed by atoms with Gasteiger partial charge in [-0.05, 0) is 53.9 Å². The Morgan fingerprint density at radius 3 is 2.29 bits per heavy atom. The zero-order chi connectivity index (χ0) is 19.8. The van der Waals surface area contributed by atoms with Crippen LogP contribution in [0.1, 0.15) is 23.6 Å².